The molecule has 0 aromatic carbocycles. The second-order valence-corrected chi connectivity index (χ2v) is 15.4. The van der Waals surface area contributed by atoms with E-state index in [-0.39, 0.29) is 0 Å². The fraction of sp³-hybridized carbons (Fsp3) is 0.932. The van der Waals surface area contributed by atoms with E-state index < -0.39 is 36.9 Å². The maximum absolute atomic E-state index is 12.5. The number of carbonyl (C=O) groups excluding carboxylic acids is 1. The van der Waals surface area contributed by atoms with E-state index >= 15 is 0 Å². The van der Waals surface area contributed by atoms with Crippen molar-refractivity contribution in [1.29, 1.82) is 0 Å². The van der Waals surface area contributed by atoms with Crippen molar-refractivity contribution in [3.05, 3.63) is 12.2 Å². The van der Waals surface area contributed by atoms with Crippen molar-refractivity contribution in [2.24, 2.45) is 0 Å². The van der Waals surface area contributed by atoms with Gasteiger partial charge in [0, 0.05) is 0 Å². The molecule has 0 spiro atoms. The van der Waals surface area contributed by atoms with Gasteiger partial charge in [0.2, 0.25) is 5.91 Å². The first-order valence-corrected chi connectivity index (χ1v) is 22.1. The minimum Gasteiger partial charge on any atom is -0.394 e. The van der Waals surface area contributed by atoms with Gasteiger partial charge >= 0.3 is 0 Å². The molecule has 0 rings (SSSR count). The van der Waals surface area contributed by atoms with E-state index in [9.17, 15) is 25.2 Å². The number of aliphatic hydroxyl groups is 4. The van der Waals surface area contributed by atoms with Gasteiger partial charge in [-0.05, 0) is 38.5 Å². The number of rotatable bonds is 40. The van der Waals surface area contributed by atoms with E-state index in [1.54, 1.807) is 0 Å². The van der Waals surface area contributed by atoms with Crippen molar-refractivity contribution in [2.45, 2.75) is 257 Å². The van der Waals surface area contributed by atoms with Crippen LogP contribution >= 0.6 is 0 Å². The number of aliphatic hydroxyl groups excluding tert-OH is 4. The minimum atomic E-state index is -1.25. The molecular formula is C44H87NO5. The van der Waals surface area contributed by atoms with E-state index in [1.807, 2.05) is 0 Å². The molecule has 0 bridgehead atoms. The van der Waals surface area contributed by atoms with Crippen LogP contribution in [0.15, 0.2) is 12.2 Å². The lowest BCUT2D eigenvalue weighted by atomic mass is 9.99. The molecule has 0 saturated carbocycles. The molecular weight excluding hydrogens is 622 g/mol. The van der Waals surface area contributed by atoms with Crippen LogP contribution in [-0.4, -0.2) is 57.3 Å². The first-order chi connectivity index (χ1) is 24.5. The molecule has 50 heavy (non-hydrogen) atoms. The summed E-state index contributed by atoms with van der Waals surface area (Å²) in [7, 11) is 0. The minimum absolute atomic E-state index is 0.368. The Labute approximate surface area is 311 Å². The van der Waals surface area contributed by atoms with Gasteiger partial charge in [-0.3, -0.25) is 4.79 Å². The predicted octanol–water partition coefficient (Wildman–Crippen LogP) is 11.4. The number of amides is 1. The first kappa shape index (κ1) is 49.0. The summed E-state index contributed by atoms with van der Waals surface area (Å²) in [5, 5.41) is 43.5. The van der Waals surface area contributed by atoms with Crippen LogP contribution in [0.4, 0.5) is 0 Å². The number of unbranched alkanes of at least 4 members (excludes halogenated alkanes) is 29. The summed E-state index contributed by atoms with van der Waals surface area (Å²) < 4.78 is 0. The van der Waals surface area contributed by atoms with Crippen molar-refractivity contribution in [3.63, 3.8) is 0 Å². The highest BCUT2D eigenvalue weighted by Crippen LogP contribution is 2.16. The van der Waals surface area contributed by atoms with Crippen LogP contribution in [0.2, 0.25) is 0 Å². The average molecular weight is 710 g/mol. The zero-order valence-corrected chi connectivity index (χ0v) is 33.4. The van der Waals surface area contributed by atoms with Gasteiger partial charge in [0.15, 0.2) is 0 Å². The molecule has 4 atom stereocenters. The molecule has 4 unspecified atom stereocenters. The van der Waals surface area contributed by atoms with Gasteiger partial charge in [0.25, 0.3) is 0 Å². The topological polar surface area (TPSA) is 110 Å². The van der Waals surface area contributed by atoms with Crippen LogP contribution < -0.4 is 5.32 Å². The second-order valence-electron chi connectivity index (χ2n) is 15.4. The van der Waals surface area contributed by atoms with Gasteiger partial charge < -0.3 is 25.7 Å². The summed E-state index contributed by atoms with van der Waals surface area (Å²) in [5.41, 5.74) is 0. The maximum Gasteiger partial charge on any atom is 0.249 e. The molecule has 298 valence electrons. The lowest BCUT2D eigenvalue weighted by molar-refractivity contribution is -0.132. The zero-order valence-electron chi connectivity index (χ0n) is 33.4. The largest absolute Gasteiger partial charge is 0.394 e. The molecule has 1 amide bonds. The Morgan fingerprint density at radius 3 is 1.16 bits per heavy atom. The Morgan fingerprint density at radius 2 is 0.800 bits per heavy atom. The summed E-state index contributed by atoms with van der Waals surface area (Å²) in [6.45, 7) is 4.03. The fourth-order valence-electron chi connectivity index (χ4n) is 6.93. The van der Waals surface area contributed by atoms with Crippen molar-refractivity contribution in [1.82, 2.24) is 5.32 Å². The van der Waals surface area contributed by atoms with Crippen LogP contribution in [0.3, 0.4) is 0 Å². The molecule has 0 aromatic heterocycles. The molecule has 6 nitrogen and oxygen atoms in total. The summed E-state index contributed by atoms with van der Waals surface area (Å²) in [6.07, 6.45) is 42.5. The molecule has 0 aromatic rings. The highest BCUT2D eigenvalue weighted by molar-refractivity contribution is 5.80. The average Bonchev–Trinajstić information content (AvgIpc) is 3.12. The third-order valence-corrected chi connectivity index (χ3v) is 10.5. The summed E-state index contributed by atoms with van der Waals surface area (Å²) >= 11 is 0. The van der Waals surface area contributed by atoms with Crippen molar-refractivity contribution >= 4 is 5.91 Å². The van der Waals surface area contributed by atoms with E-state index in [4.69, 9.17) is 0 Å². The first-order valence-electron chi connectivity index (χ1n) is 22.1. The van der Waals surface area contributed by atoms with E-state index in [0.717, 1.165) is 38.5 Å². The van der Waals surface area contributed by atoms with Crippen molar-refractivity contribution in [2.75, 3.05) is 6.61 Å². The van der Waals surface area contributed by atoms with Gasteiger partial charge in [0.1, 0.15) is 12.2 Å². The van der Waals surface area contributed by atoms with Crippen LogP contribution in [0.5, 0.6) is 0 Å². The maximum atomic E-state index is 12.5. The normalized spacial score (nSPS) is 14.3. The van der Waals surface area contributed by atoms with Gasteiger partial charge in [-0.2, -0.15) is 0 Å². The van der Waals surface area contributed by atoms with E-state index in [0.29, 0.717) is 12.8 Å². The quantitative estimate of drug-likeness (QED) is 0.0321. The number of hydrogen-bond donors (Lipinski definition) is 5. The molecule has 0 radical (unpaired) electrons. The van der Waals surface area contributed by atoms with Crippen molar-refractivity contribution in [3.8, 4) is 0 Å². The summed E-state index contributed by atoms with van der Waals surface area (Å²) in [4.78, 5) is 12.5. The Bertz CT molecular complexity index is 717. The van der Waals surface area contributed by atoms with Crippen LogP contribution in [-0.2, 0) is 4.79 Å². The molecule has 0 aliphatic rings. The van der Waals surface area contributed by atoms with E-state index in [2.05, 4.69) is 31.3 Å². The monoisotopic (exact) mass is 710 g/mol. The van der Waals surface area contributed by atoms with Crippen LogP contribution in [0.1, 0.15) is 232 Å². The van der Waals surface area contributed by atoms with Gasteiger partial charge in [-0.15, -0.1) is 0 Å². The Balaban J connectivity index is 3.66. The molecule has 5 N–H and O–H groups in total. The molecule has 0 heterocycles. The molecule has 0 saturated heterocycles. The van der Waals surface area contributed by atoms with E-state index in [1.165, 1.54) is 167 Å². The lowest BCUT2D eigenvalue weighted by Crippen LogP contribution is -2.53. The third kappa shape index (κ3) is 32.9. The molecule has 6 heteroatoms. The SMILES string of the molecule is CCCCCCCCCCCCCC/C=C\CCCCCCCCCCC(O)C(=O)NC(CO)C(O)C(O)CCCCCCCCCCCC. The lowest BCUT2D eigenvalue weighted by Gasteiger charge is -2.27. The number of allylic oxidation sites excluding steroid dienone is 2. The summed E-state index contributed by atoms with van der Waals surface area (Å²) in [5.74, 6) is -0.586. The second kappa shape index (κ2) is 39.3. The highest BCUT2D eigenvalue weighted by Gasteiger charge is 2.28. The molecule has 0 aliphatic heterocycles. The number of hydrogen-bond acceptors (Lipinski definition) is 5. The Morgan fingerprint density at radius 1 is 0.480 bits per heavy atom. The van der Waals surface area contributed by atoms with Gasteiger partial charge in [-0.25, -0.2) is 0 Å². The van der Waals surface area contributed by atoms with Crippen LogP contribution in [0.25, 0.3) is 0 Å². The van der Waals surface area contributed by atoms with Gasteiger partial charge in [0.05, 0.1) is 18.8 Å². The summed E-state index contributed by atoms with van der Waals surface area (Å²) in [6, 6.07) is -0.982. The Hall–Kier alpha value is -0.950. The predicted molar refractivity (Wildman–Crippen MR) is 215 cm³/mol. The van der Waals surface area contributed by atoms with Gasteiger partial charge in [-0.1, -0.05) is 206 Å². The standard InChI is InChI=1S/C44H87NO5/c1-3-5-7-9-11-13-15-16-17-18-19-20-21-22-23-24-25-26-27-28-30-32-34-36-38-42(48)44(50)45-40(39-46)43(49)41(47)37-35-33-31-29-14-12-10-8-6-4-2/h22-23,40-43,46-49H,3-21,24-39H2,1-2H3,(H,45,50)/b23-22-. The highest BCUT2D eigenvalue weighted by atomic mass is 16.3. The Kier molecular flexibility index (Phi) is 38.5. The third-order valence-electron chi connectivity index (χ3n) is 10.5. The molecule has 0 aliphatic carbocycles. The van der Waals surface area contributed by atoms with Crippen LogP contribution in [0, 0.1) is 0 Å². The number of carbonyl (C=O) groups is 1. The molecule has 0 fully saturated rings. The fourth-order valence-corrected chi connectivity index (χ4v) is 6.93. The smallest absolute Gasteiger partial charge is 0.249 e. The number of nitrogens with one attached hydrogen (secondary N) is 1. The zero-order chi connectivity index (χ0) is 36.8. The van der Waals surface area contributed by atoms with Crippen molar-refractivity contribution < 1.29 is 25.2 Å².